The zero-order valence-electron chi connectivity index (χ0n) is 9.24. The van der Waals surface area contributed by atoms with Gasteiger partial charge in [-0.2, -0.15) is 12.6 Å². The third-order valence-electron chi connectivity index (χ3n) is 1.99. The Morgan fingerprint density at radius 3 is 2.41 bits per heavy atom. The fraction of sp³-hybridized carbons (Fsp3) is 0.273. The summed E-state index contributed by atoms with van der Waals surface area (Å²) in [6.45, 7) is 1.36. The zero-order valence-corrected chi connectivity index (χ0v) is 11.7. The van der Waals surface area contributed by atoms with Gasteiger partial charge >= 0.3 is 0 Å². The van der Waals surface area contributed by atoms with Crippen LogP contribution in [0, 0.1) is 0 Å². The number of anilines is 1. The number of hydrogen-bond acceptors (Lipinski definition) is 3. The molecule has 0 saturated heterocycles. The highest BCUT2D eigenvalue weighted by Gasteiger charge is 2.17. The van der Waals surface area contributed by atoms with E-state index >= 15 is 0 Å². The monoisotopic (exact) mass is 316 g/mol. The van der Waals surface area contributed by atoms with E-state index in [0.717, 1.165) is 4.47 Å². The van der Waals surface area contributed by atoms with Crippen LogP contribution >= 0.6 is 28.6 Å². The number of thiol groups is 1. The summed E-state index contributed by atoms with van der Waals surface area (Å²) in [7, 11) is 0. The summed E-state index contributed by atoms with van der Waals surface area (Å²) in [6, 6.07) is 6.56. The maximum atomic E-state index is 11.8. The predicted octanol–water partition coefficient (Wildman–Crippen LogP) is 1.82. The molecule has 0 fully saturated rings. The fourth-order valence-electron chi connectivity index (χ4n) is 1.20. The average Bonchev–Trinajstić information content (AvgIpc) is 2.28. The average molecular weight is 317 g/mol. The molecule has 0 aliphatic rings. The van der Waals surface area contributed by atoms with Crippen LogP contribution < -0.4 is 10.6 Å². The molecular formula is C11H13BrN2O2S. The van der Waals surface area contributed by atoms with Crippen LogP contribution in [-0.4, -0.2) is 23.6 Å². The van der Waals surface area contributed by atoms with Crippen molar-refractivity contribution in [3.05, 3.63) is 28.7 Å². The fourth-order valence-corrected chi connectivity index (χ4v) is 1.72. The quantitative estimate of drug-likeness (QED) is 0.742. The van der Waals surface area contributed by atoms with Crippen molar-refractivity contribution in [2.24, 2.45) is 0 Å². The molecule has 1 unspecified atom stereocenters. The van der Waals surface area contributed by atoms with E-state index in [1.54, 1.807) is 12.1 Å². The van der Waals surface area contributed by atoms with E-state index in [-0.39, 0.29) is 17.6 Å². The number of carbonyl (C=O) groups is 2. The van der Waals surface area contributed by atoms with Crippen LogP contribution in [0.1, 0.15) is 6.92 Å². The second-order valence-corrected chi connectivity index (χ2v) is 4.71. The molecule has 2 amide bonds. The molecule has 0 radical (unpaired) electrons. The summed E-state index contributed by atoms with van der Waals surface area (Å²) < 4.78 is 0.933. The number of hydrogen-bond donors (Lipinski definition) is 3. The molecule has 1 aromatic carbocycles. The lowest BCUT2D eigenvalue weighted by molar-refractivity contribution is -0.124. The Hall–Kier alpha value is -1.01. The van der Waals surface area contributed by atoms with Crippen molar-refractivity contribution in [2.75, 3.05) is 11.1 Å². The third kappa shape index (κ3) is 4.79. The summed E-state index contributed by atoms with van der Waals surface area (Å²) in [5.74, 6) is -0.283. The Kier molecular flexibility index (Phi) is 5.50. The first-order chi connectivity index (χ1) is 8.02. The van der Waals surface area contributed by atoms with Crippen LogP contribution in [0.15, 0.2) is 28.7 Å². The molecule has 17 heavy (non-hydrogen) atoms. The van der Waals surface area contributed by atoms with Crippen LogP contribution in [0.4, 0.5) is 5.69 Å². The highest BCUT2D eigenvalue weighted by atomic mass is 79.9. The number of benzene rings is 1. The van der Waals surface area contributed by atoms with E-state index in [9.17, 15) is 9.59 Å². The van der Waals surface area contributed by atoms with Gasteiger partial charge < -0.3 is 10.6 Å². The second-order valence-electron chi connectivity index (χ2n) is 3.43. The van der Waals surface area contributed by atoms with E-state index in [4.69, 9.17) is 0 Å². The van der Waals surface area contributed by atoms with Crippen molar-refractivity contribution in [1.82, 2.24) is 5.32 Å². The molecular weight excluding hydrogens is 304 g/mol. The van der Waals surface area contributed by atoms with Gasteiger partial charge in [-0.25, -0.2) is 0 Å². The number of halogens is 1. The number of nitrogens with one attached hydrogen (secondary N) is 2. The first-order valence-electron chi connectivity index (χ1n) is 4.97. The lowest BCUT2D eigenvalue weighted by Gasteiger charge is -2.15. The molecule has 4 nitrogen and oxygen atoms in total. The lowest BCUT2D eigenvalue weighted by Crippen LogP contribution is -2.44. The summed E-state index contributed by atoms with van der Waals surface area (Å²) in [5.41, 5.74) is 0.676. The van der Waals surface area contributed by atoms with Crippen LogP contribution in [0.3, 0.4) is 0 Å². The van der Waals surface area contributed by atoms with Crippen LogP contribution in [0.5, 0.6) is 0 Å². The van der Waals surface area contributed by atoms with Gasteiger partial charge in [-0.15, -0.1) is 0 Å². The van der Waals surface area contributed by atoms with E-state index in [1.807, 2.05) is 12.1 Å². The molecule has 0 aromatic heterocycles. The maximum Gasteiger partial charge on any atom is 0.247 e. The summed E-state index contributed by atoms with van der Waals surface area (Å²) in [5, 5.41) is 5.23. The minimum absolute atomic E-state index is 0.252. The Morgan fingerprint density at radius 1 is 1.35 bits per heavy atom. The van der Waals surface area contributed by atoms with Crippen molar-refractivity contribution in [3.63, 3.8) is 0 Å². The molecule has 0 spiro atoms. The minimum Gasteiger partial charge on any atom is -0.344 e. The Bertz CT molecular complexity index is 408. The van der Waals surface area contributed by atoms with Gasteiger partial charge in [0.2, 0.25) is 11.8 Å². The van der Waals surface area contributed by atoms with E-state index in [1.165, 1.54) is 6.92 Å². The standard InChI is InChI=1S/C11H13BrN2O2S/c1-7(15)13-10(6-17)11(16)14-9-4-2-8(12)3-5-9/h2-5,10,17H,6H2,1H3,(H,13,15)(H,14,16). The molecule has 0 aliphatic carbocycles. The van der Waals surface area contributed by atoms with Gasteiger partial charge in [-0.05, 0) is 24.3 Å². The van der Waals surface area contributed by atoms with E-state index < -0.39 is 6.04 Å². The minimum atomic E-state index is -0.625. The first kappa shape index (κ1) is 14.1. The van der Waals surface area contributed by atoms with Gasteiger partial charge in [-0.1, -0.05) is 15.9 Å². The SMILES string of the molecule is CC(=O)NC(CS)C(=O)Nc1ccc(Br)cc1. The molecule has 2 N–H and O–H groups in total. The van der Waals surface area contributed by atoms with Gasteiger partial charge in [0, 0.05) is 22.8 Å². The van der Waals surface area contributed by atoms with E-state index in [2.05, 4.69) is 39.2 Å². The van der Waals surface area contributed by atoms with Crippen molar-refractivity contribution in [2.45, 2.75) is 13.0 Å². The van der Waals surface area contributed by atoms with Crippen LogP contribution in [-0.2, 0) is 9.59 Å². The molecule has 0 aliphatic heterocycles. The van der Waals surface area contributed by atoms with Gasteiger partial charge in [0.1, 0.15) is 6.04 Å². The normalized spacial score (nSPS) is 11.7. The van der Waals surface area contributed by atoms with Crippen molar-refractivity contribution in [1.29, 1.82) is 0 Å². The molecule has 0 bridgehead atoms. The summed E-state index contributed by atoms with van der Waals surface area (Å²) in [4.78, 5) is 22.7. The molecule has 6 heteroatoms. The Labute approximate surface area is 114 Å². The number of carbonyl (C=O) groups excluding carboxylic acids is 2. The highest BCUT2D eigenvalue weighted by Crippen LogP contribution is 2.14. The molecule has 0 heterocycles. The second kappa shape index (κ2) is 6.66. The number of rotatable bonds is 4. The first-order valence-corrected chi connectivity index (χ1v) is 6.40. The van der Waals surface area contributed by atoms with Gasteiger partial charge in [0.15, 0.2) is 0 Å². The molecule has 1 aromatic rings. The maximum absolute atomic E-state index is 11.8. The Balaban J connectivity index is 2.63. The molecule has 92 valence electrons. The van der Waals surface area contributed by atoms with Crippen molar-refractivity contribution < 1.29 is 9.59 Å². The van der Waals surface area contributed by atoms with Crippen LogP contribution in [0.2, 0.25) is 0 Å². The van der Waals surface area contributed by atoms with Gasteiger partial charge in [0.05, 0.1) is 0 Å². The zero-order chi connectivity index (χ0) is 12.8. The number of amides is 2. The third-order valence-corrected chi connectivity index (χ3v) is 2.88. The highest BCUT2D eigenvalue weighted by molar-refractivity contribution is 9.10. The lowest BCUT2D eigenvalue weighted by atomic mass is 10.2. The van der Waals surface area contributed by atoms with Crippen molar-refractivity contribution in [3.8, 4) is 0 Å². The Morgan fingerprint density at radius 2 is 1.94 bits per heavy atom. The topological polar surface area (TPSA) is 58.2 Å². The molecule has 1 rings (SSSR count). The smallest absolute Gasteiger partial charge is 0.247 e. The summed E-state index contributed by atoms with van der Waals surface area (Å²) in [6.07, 6.45) is 0. The molecule has 0 saturated carbocycles. The summed E-state index contributed by atoms with van der Waals surface area (Å²) >= 11 is 7.33. The van der Waals surface area contributed by atoms with Crippen LogP contribution in [0.25, 0.3) is 0 Å². The van der Waals surface area contributed by atoms with Gasteiger partial charge in [-0.3, -0.25) is 9.59 Å². The van der Waals surface area contributed by atoms with Gasteiger partial charge in [0.25, 0.3) is 0 Å². The predicted molar refractivity (Wildman–Crippen MR) is 74.2 cm³/mol. The van der Waals surface area contributed by atoms with E-state index in [0.29, 0.717) is 5.69 Å². The largest absolute Gasteiger partial charge is 0.344 e. The molecule has 1 atom stereocenters. The van der Waals surface area contributed by atoms with Crippen molar-refractivity contribution >= 4 is 46.1 Å².